The summed E-state index contributed by atoms with van der Waals surface area (Å²) in [6.45, 7) is 2.89. The van der Waals surface area contributed by atoms with Gasteiger partial charge in [0.1, 0.15) is 0 Å². The van der Waals surface area contributed by atoms with Crippen LogP contribution in [-0.4, -0.2) is 24.8 Å². The maximum atomic E-state index is 5.09. The Morgan fingerprint density at radius 3 is 3.29 bits per heavy atom. The standard InChI is InChI=1S/C11H18N2O/c1-14-9-8-13-7-3-5-11(13)10-4-2-6-12-10/h3,5,7,10,12H,2,4,6,8-9H2,1H3/t10-/m1/s1. The Bertz CT molecular complexity index is 277. The molecule has 3 nitrogen and oxygen atoms in total. The van der Waals surface area contributed by atoms with Gasteiger partial charge in [-0.2, -0.15) is 0 Å². The van der Waals surface area contributed by atoms with Crippen molar-refractivity contribution in [1.29, 1.82) is 0 Å². The molecule has 1 saturated heterocycles. The molecule has 0 aromatic carbocycles. The number of hydrogen-bond acceptors (Lipinski definition) is 2. The zero-order chi connectivity index (χ0) is 9.80. The molecule has 2 heterocycles. The van der Waals surface area contributed by atoms with Gasteiger partial charge in [-0.05, 0) is 31.5 Å². The van der Waals surface area contributed by atoms with E-state index in [-0.39, 0.29) is 0 Å². The van der Waals surface area contributed by atoms with Crippen LogP contribution < -0.4 is 5.32 Å². The molecule has 1 aliphatic rings. The number of nitrogens with one attached hydrogen (secondary N) is 1. The van der Waals surface area contributed by atoms with Gasteiger partial charge in [-0.25, -0.2) is 0 Å². The number of ether oxygens (including phenoxy) is 1. The molecule has 0 radical (unpaired) electrons. The molecule has 0 spiro atoms. The molecule has 2 rings (SSSR count). The topological polar surface area (TPSA) is 26.2 Å². The van der Waals surface area contributed by atoms with Gasteiger partial charge in [0, 0.05) is 31.6 Å². The first-order chi connectivity index (χ1) is 6.92. The first-order valence-corrected chi connectivity index (χ1v) is 5.29. The second kappa shape index (κ2) is 4.62. The van der Waals surface area contributed by atoms with Gasteiger partial charge in [0.2, 0.25) is 0 Å². The number of methoxy groups -OCH3 is 1. The Hall–Kier alpha value is -0.800. The van der Waals surface area contributed by atoms with E-state index in [1.165, 1.54) is 18.5 Å². The van der Waals surface area contributed by atoms with E-state index >= 15 is 0 Å². The van der Waals surface area contributed by atoms with Crippen molar-refractivity contribution in [3.63, 3.8) is 0 Å². The summed E-state index contributed by atoms with van der Waals surface area (Å²) in [7, 11) is 1.75. The van der Waals surface area contributed by atoms with Gasteiger partial charge in [-0.1, -0.05) is 0 Å². The fourth-order valence-corrected chi connectivity index (χ4v) is 2.07. The number of rotatable bonds is 4. The molecule has 3 heteroatoms. The zero-order valence-electron chi connectivity index (χ0n) is 8.70. The Morgan fingerprint density at radius 1 is 1.64 bits per heavy atom. The summed E-state index contributed by atoms with van der Waals surface area (Å²) in [6.07, 6.45) is 4.69. The lowest BCUT2D eigenvalue weighted by Crippen LogP contribution is -2.17. The van der Waals surface area contributed by atoms with Crippen molar-refractivity contribution in [2.24, 2.45) is 0 Å². The number of aromatic nitrogens is 1. The van der Waals surface area contributed by atoms with Crippen molar-refractivity contribution in [2.45, 2.75) is 25.4 Å². The summed E-state index contributed by atoms with van der Waals surface area (Å²) >= 11 is 0. The number of hydrogen-bond donors (Lipinski definition) is 1. The fourth-order valence-electron chi connectivity index (χ4n) is 2.07. The second-order valence-electron chi connectivity index (χ2n) is 3.77. The van der Waals surface area contributed by atoms with Crippen LogP contribution in [0.15, 0.2) is 18.3 Å². The van der Waals surface area contributed by atoms with Crippen molar-refractivity contribution in [3.05, 3.63) is 24.0 Å². The van der Waals surface area contributed by atoms with E-state index in [1.54, 1.807) is 7.11 Å². The van der Waals surface area contributed by atoms with E-state index < -0.39 is 0 Å². The number of nitrogens with zero attached hydrogens (tertiary/aromatic N) is 1. The van der Waals surface area contributed by atoms with Crippen molar-refractivity contribution in [1.82, 2.24) is 9.88 Å². The highest BCUT2D eigenvalue weighted by Gasteiger charge is 2.18. The van der Waals surface area contributed by atoms with Crippen molar-refractivity contribution >= 4 is 0 Å². The van der Waals surface area contributed by atoms with Gasteiger partial charge in [0.05, 0.1) is 6.61 Å². The van der Waals surface area contributed by atoms with Crippen molar-refractivity contribution in [3.8, 4) is 0 Å². The smallest absolute Gasteiger partial charge is 0.0641 e. The summed E-state index contributed by atoms with van der Waals surface area (Å²) in [5.74, 6) is 0. The molecule has 0 unspecified atom stereocenters. The quantitative estimate of drug-likeness (QED) is 0.787. The maximum Gasteiger partial charge on any atom is 0.0641 e. The highest BCUT2D eigenvalue weighted by molar-refractivity contribution is 5.13. The van der Waals surface area contributed by atoms with E-state index in [2.05, 4.69) is 28.2 Å². The van der Waals surface area contributed by atoms with Gasteiger partial charge < -0.3 is 14.6 Å². The minimum absolute atomic E-state index is 0.557. The molecule has 78 valence electrons. The van der Waals surface area contributed by atoms with Crippen LogP contribution in [0.4, 0.5) is 0 Å². The van der Waals surface area contributed by atoms with E-state index in [0.29, 0.717) is 6.04 Å². The maximum absolute atomic E-state index is 5.09. The minimum Gasteiger partial charge on any atom is -0.383 e. The molecule has 1 aliphatic heterocycles. The Kier molecular flexibility index (Phi) is 3.22. The van der Waals surface area contributed by atoms with E-state index in [0.717, 1.165) is 19.7 Å². The highest BCUT2D eigenvalue weighted by atomic mass is 16.5. The Balaban J connectivity index is 2.04. The third-order valence-corrected chi connectivity index (χ3v) is 2.82. The van der Waals surface area contributed by atoms with Crippen LogP contribution in [-0.2, 0) is 11.3 Å². The van der Waals surface area contributed by atoms with Gasteiger partial charge in [-0.3, -0.25) is 0 Å². The summed E-state index contributed by atoms with van der Waals surface area (Å²) in [5, 5.41) is 3.51. The first-order valence-electron chi connectivity index (χ1n) is 5.29. The van der Waals surface area contributed by atoms with Gasteiger partial charge in [0.15, 0.2) is 0 Å². The van der Waals surface area contributed by atoms with Crippen LogP contribution >= 0.6 is 0 Å². The van der Waals surface area contributed by atoms with Gasteiger partial charge >= 0.3 is 0 Å². The fraction of sp³-hybridized carbons (Fsp3) is 0.636. The van der Waals surface area contributed by atoms with Crippen LogP contribution in [0.1, 0.15) is 24.6 Å². The molecule has 1 fully saturated rings. The molecule has 1 aromatic rings. The van der Waals surface area contributed by atoms with Crippen LogP contribution in [0.25, 0.3) is 0 Å². The zero-order valence-corrected chi connectivity index (χ0v) is 8.70. The summed E-state index contributed by atoms with van der Waals surface area (Å²) in [6, 6.07) is 4.88. The molecular formula is C11H18N2O. The third kappa shape index (κ3) is 1.99. The molecule has 0 amide bonds. The summed E-state index contributed by atoms with van der Waals surface area (Å²) < 4.78 is 7.38. The SMILES string of the molecule is COCCn1cccc1[C@H]1CCCN1. The molecule has 0 saturated carbocycles. The first kappa shape index (κ1) is 9.74. The molecule has 0 bridgehead atoms. The molecule has 0 aliphatic carbocycles. The lowest BCUT2D eigenvalue weighted by atomic mass is 10.1. The third-order valence-electron chi connectivity index (χ3n) is 2.82. The predicted octanol–water partition coefficient (Wildman–Crippen LogP) is 1.56. The average Bonchev–Trinajstić information content (AvgIpc) is 2.84. The molecule has 14 heavy (non-hydrogen) atoms. The Morgan fingerprint density at radius 2 is 2.57 bits per heavy atom. The van der Waals surface area contributed by atoms with Gasteiger partial charge in [0.25, 0.3) is 0 Å². The van der Waals surface area contributed by atoms with E-state index in [9.17, 15) is 0 Å². The molecular weight excluding hydrogens is 176 g/mol. The Labute approximate surface area is 85.1 Å². The lowest BCUT2D eigenvalue weighted by Gasteiger charge is -2.14. The van der Waals surface area contributed by atoms with Gasteiger partial charge in [-0.15, -0.1) is 0 Å². The molecule has 1 atom stereocenters. The van der Waals surface area contributed by atoms with E-state index in [1.807, 2.05) is 0 Å². The highest BCUT2D eigenvalue weighted by Crippen LogP contribution is 2.23. The second-order valence-corrected chi connectivity index (χ2v) is 3.77. The monoisotopic (exact) mass is 194 g/mol. The van der Waals surface area contributed by atoms with E-state index in [4.69, 9.17) is 4.74 Å². The largest absolute Gasteiger partial charge is 0.383 e. The van der Waals surface area contributed by atoms with Crippen LogP contribution in [0.5, 0.6) is 0 Å². The normalized spacial score (nSPS) is 21.6. The minimum atomic E-state index is 0.557. The van der Waals surface area contributed by atoms with Crippen LogP contribution in [0, 0.1) is 0 Å². The van der Waals surface area contributed by atoms with Crippen LogP contribution in [0.3, 0.4) is 0 Å². The van der Waals surface area contributed by atoms with Crippen molar-refractivity contribution < 1.29 is 4.74 Å². The molecule has 1 aromatic heterocycles. The summed E-state index contributed by atoms with van der Waals surface area (Å²) in [5.41, 5.74) is 1.40. The van der Waals surface area contributed by atoms with Crippen molar-refractivity contribution in [2.75, 3.05) is 20.3 Å². The van der Waals surface area contributed by atoms with Crippen LogP contribution in [0.2, 0.25) is 0 Å². The predicted molar refractivity (Wildman–Crippen MR) is 56.3 cm³/mol. The lowest BCUT2D eigenvalue weighted by molar-refractivity contribution is 0.186. The summed E-state index contributed by atoms with van der Waals surface area (Å²) in [4.78, 5) is 0. The molecule has 1 N–H and O–H groups in total. The average molecular weight is 194 g/mol.